The Morgan fingerprint density at radius 3 is 2.62 bits per heavy atom. The number of hydrogen-bond acceptors (Lipinski definition) is 4. The van der Waals surface area contributed by atoms with Gasteiger partial charge in [0.15, 0.2) is 0 Å². The van der Waals surface area contributed by atoms with Crippen LogP contribution >= 0.6 is 11.3 Å². The number of carbonyl (C=O) groups excluding carboxylic acids is 1. The summed E-state index contributed by atoms with van der Waals surface area (Å²) in [6, 6.07) is 10.3. The number of fused-ring (bicyclic) bond motifs is 1. The van der Waals surface area contributed by atoms with E-state index in [1.807, 2.05) is 24.3 Å². The Morgan fingerprint density at radius 1 is 1.23 bits per heavy atom. The molecule has 1 N–H and O–H groups in total. The smallest absolute Gasteiger partial charge is 0.253 e. The second-order valence-corrected chi connectivity index (χ2v) is 10.0. The van der Waals surface area contributed by atoms with E-state index in [0.717, 1.165) is 17.5 Å². The van der Waals surface area contributed by atoms with Crippen molar-refractivity contribution in [2.24, 2.45) is 5.92 Å². The number of nitrogens with one attached hydrogen (secondary N) is 1. The van der Waals surface area contributed by atoms with Crippen molar-refractivity contribution in [1.29, 1.82) is 0 Å². The maximum atomic E-state index is 13.1. The molecule has 0 bridgehead atoms. The largest absolute Gasteiger partial charge is 0.355 e. The van der Waals surface area contributed by atoms with Gasteiger partial charge in [-0.3, -0.25) is 4.79 Å². The molecule has 5 nitrogen and oxygen atoms in total. The summed E-state index contributed by atoms with van der Waals surface area (Å²) in [6.45, 7) is 4.97. The Hall–Kier alpha value is -1.70. The molecule has 1 aromatic carbocycles. The lowest BCUT2D eigenvalue weighted by atomic mass is 9.95. The first kappa shape index (κ1) is 19.1. The average molecular weight is 393 g/mol. The Bertz CT molecular complexity index is 861. The fraction of sp³-hybridized carbons (Fsp3) is 0.421. The summed E-state index contributed by atoms with van der Waals surface area (Å²) in [5, 5.41) is 4.66. The van der Waals surface area contributed by atoms with Crippen LogP contribution in [0.4, 0.5) is 0 Å². The molecule has 2 aromatic rings. The maximum absolute atomic E-state index is 13.1. The summed E-state index contributed by atoms with van der Waals surface area (Å²) in [4.78, 5) is 12.8. The highest BCUT2D eigenvalue weighted by molar-refractivity contribution is 7.91. The topological polar surface area (TPSA) is 66.5 Å². The van der Waals surface area contributed by atoms with E-state index in [1.165, 1.54) is 15.6 Å². The number of hydrogen-bond donors (Lipinski definition) is 1. The summed E-state index contributed by atoms with van der Waals surface area (Å²) in [5.74, 6) is 0.258. The second-order valence-electron chi connectivity index (χ2n) is 6.94. The first-order valence-electron chi connectivity index (χ1n) is 8.79. The molecule has 1 aliphatic heterocycles. The predicted molar refractivity (Wildman–Crippen MR) is 103 cm³/mol. The highest BCUT2D eigenvalue weighted by Gasteiger charge is 2.39. The quantitative estimate of drug-likeness (QED) is 0.822. The van der Waals surface area contributed by atoms with Crippen molar-refractivity contribution in [2.75, 3.05) is 6.54 Å². The Morgan fingerprint density at radius 2 is 1.96 bits per heavy atom. The summed E-state index contributed by atoms with van der Waals surface area (Å²) in [6.07, 6.45) is 1.26. The lowest BCUT2D eigenvalue weighted by molar-refractivity contribution is -0.125. The molecule has 3 rings (SSSR count). The second kappa shape index (κ2) is 7.90. The molecule has 0 aliphatic carbocycles. The molecule has 0 saturated carbocycles. The van der Waals surface area contributed by atoms with E-state index in [2.05, 4.69) is 19.2 Å². The first-order valence-corrected chi connectivity index (χ1v) is 11.1. The van der Waals surface area contributed by atoms with E-state index in [1.54, 1.807) is 17.5 Å². The van der Waals surface area contributed by atoms with Gasteiger partial charge in [-0.15, -0.1) is 11.3 Å². The van der Waals surface area contributed by atoms with Crippen LogP contribution in [0.5, 0.6) is 0 Å². The zero-order chi connectivity index (χ0) is 18.7. The van der Waals surface area contributed by atoms with Crippen molar-refractivity contribution in [3.8, 4) is 0 Å². The summed E-state index contributed by atoms with van der Waals surface area (Å²) < 4.78 is 27.9. The third-order valence-electron chi connectivity index (χ3n) is 4.59. The van der Waals surface area contributed by atoms with Gasteiger partial charge < -0.3 is 5.32 Å². The van der Waals surface area contributed by atoms with Crippen LogP contribution in [0.1, 0.15) is 31.4 Å². The van der Waals surface area contributed by atoms with Gasteiger partial charge >= 0.3 is 0 Å². The zero-order valence-electron chi connectivity index (χ0n) is 15.0. The molecule has 2 heterocycles. The van der Waals surface area contributed by atoms with Gasteiger partial charge in [0, 0.05) is 13.1 Å². The van der Waals surface area contributed by atoms with E-state index in [0.29, 0.717) is 18.9 Å². The van der Waals surface area contributed by atoms with Crippen LogP contribution in [0.2, 0.25) is 0 Å². The molecule has 1 atom stereocenters. The Labute approximate surface area is 159 Å². The van der Waals surface area contributed by atoms with Crippen molar-refractivity contribution in [3.63, 3.8) is 0 Å². The summed E-state index contributed by atoms with van der Waals surface area (Å²) in [7, 11) is -3.71. The van der Waals surface area contributed by atoms with Crippen LogP contribution in [0.3, 0.4) is 0 Å². The fourth-order valence-corrected chi connectivity index (χ4v) is 5.79. The van der Waals surface area contributed by atoms with Crippen LogP contribution in [0, 0.1) is 5.92 Å². The molecule has 7 heteroatoms. The Balaban J connectivity index is 1.89. The van der Waals surface area contributed by atoms with E-state index < -0.39 is 16.1 Å². The molecule has 0 fully saturated rings. The van der Waals surface area contributed by atoms with Gasteiger partial charge in [-0.25, -0.2) is 8.42 Å². The van der Waals surface area contributed by atoms with Gasteiger partial charge in [-0.05, 0) is 41.3 Å². The molecule has 1 aliphatic rings. The first-order chi connectivity index (χ1) is 12.4. The molecular formula is C19H24N2O3S2. The molecule has 26 heavy (non-hydrogen) atoms. The van der Waals surface area contributed by atoms with E-state index in [9.17, 15) is 13.2 Å². The van der Waals surface area contributed by atoms with Crippen molar-refractivity contribution in [3.05, 3.63) is 52.9 Å². The molecule has 1 aromatic heterocycles. The number of nitrogens with zero attached hydrogens (tertiary/aromatic N) is 1. The van der Waals surface area contributed by atoms with Gasteiger partial charge in [-0.2, -0.15) is 4.31 Å². The van der Waals surface area contributed by atoms with E-state index in [-0.39, 0.29) is 16.7 Å². The normalized spacial score (nSPS) is 17.9. The highest BCUT2D eigenvalue weighted by atomic mass is 32.2. The molecule has 0 spiro atoms. The number of sulfonamides is 1. The lowest BCUT2D eigenvalue weighted by Gasteiger charge is -2.34. The third-order valence-corrected chi connectivity index (χ3v) is 7.81. The van der Waals surface area contributed by atoms with Gasteiger partial charge in [-0.1, -0.05) is 44.2 Å². The van der Waals surface area contributed by atoms with Crippen molar-refractivity contribution < 1.29 is 13.2 Å². The van der Waals surface area contributed by atoms with E-state index in [4.69, 9.17) is 0 Å². The number of thiophene rings is 1. The molecule has 0 saturated heterocycles. The molecule has 0 radical (unpaired) electrons. The minimum absolute atomic E-state index is 0.221. The number of benzene rings is 1. The molecule has 140 valence electrons. The van der Waals surface area contributed by atoms with Crippen LogP contribution < -0.4 is 5.32 Å². The van der Waals surface area contributed by atoms with Crippen molar-refractivity contribution >= 4 is 27.3 Å². The lowest BCUT2D eigenvalue weighted by Crippen LogP contribution is -2.52. The van der Waals surface area contributed by atoms with Crippen LogP contribution in [-0.2, 0) is 27.8 Å². The monoisotopic (exact) mass is 392 g/mol. The van der Waals surface area contributed by atoms with Gasteiger partial charge in [0.05, 0.1) is 0 Å². The van der Waals surface area contributed by atoms with Gasteiger partial charge in [0.1, 0.15) is 10.3 Å². The molecular weight excluding hydrogens is 368 g/mol. The summed E-state index contributed by atoms with van der Waals surface area (Å²) >= 11 is 1.18. The predicted octanol–water partition coefficient (Wildman–Crippen LogP) is 3.03. The number of rotatable bonds is 6. The zero-order valence-corrected chi connectivity index (χ0v) is 16.6. The van der Waals surface area contributed by atoms with Crippen molar-refractivity contribution in [1.82, 2.24) is 9.62 Å². The minimum atomic E-state index is -3.71. The Kier molecular flexibility index (Phi) is 5.79. The fourth-order valence-electron chi connectivity index (χ4n) is 3.10. The van der Waals surface area contributed by atoms with E-state index >= 15 is 0 Å². The standard InChI is InChI=1S/C19H24N2O3S2/c1-14(2)9-10-20-19(22)17-12-15-6-3-4-7-16(15)13-21(17)26(23,24)18-8-5-11-25-18/h3-8,11,14,17H,9-10,12-13H2,1-2H3,(H,20,22)/t17-/m0/s1. The minimum Gasteiger partial charge on any atom is -0.355 e. The number of amides is 1. The average Bonchev–Trinajstić information content (AvgIpc) is 3.15. The van der Waals surface area contributed by atoms with Gasteiger partial charge in [0.25, 0.3) is 10.0 Å². The number of carbonyl (C=O) groups is 1. The maximum Gasteiger partial charge on any atom is 0.253 e. The molecule has 1 amide bonds. The SMILES string of the molecule is CC(C)CCNC(=O)[C@@H]1Cc2ccccc2CN1S(=O)(=O)c1cccs1. The van der Waals surface area contributed by atoms with Crippen LogP contribution in [0.15, 0.2) is 46.0 Å². The van der Waals surface area contributed by atoms with Crippen LogP contribution in [0.25, 0.3) is 0 Å². The molecule has 0 unspecified atom stereocenters. The highest BCUT2D eigenvalue weighted by Crippen LogP contribution is 2.30. The van der Waals surface area contributed by atoms with Crippen LogP contribution in [-0.4, -0.2) is 31.2 Å². The van der Waals surface area contributed by atoms with Gasteiger partial charge in [0.2, 0.25) is 5.91 Å². The summed E-state index contributed by atoms with van der Waals surface area (Å²) in [5.41, 5.74) is 1.99. The van der Waals surface area contributed by atoms with Crippen molar-refractivity contribution in [2.45, 2.75) is 43.5 Å². The third kappa shape index (κ3) is 4.00.